The summed E-state index contributed by atoms with van der Waals surface area (Å²) in [4.78, 5) is 16.6. The number of carbonyl (C=O) groups excluding carboxylic acids is 1. The van der Waals surface area contributed by atoms with Gasteiger partial charge in [0.05, 0.1) is 23.6 Å². The summed E-state index contributed by atoms with van der Waals surface area (Å²) in [5.74, 6) is -0.397. The van der Waals surface area contributed by atoms with E-state index in [9.17, 15) is 4.79 Å². The molecule has 0 amide bonds. The van der Waals surface area contributed by atoms with Gasteiger partial charge in [-0.2, -0.15) is 5.10 Å². The van der Waals surface area contributed by atoms with Crippen LogP contribution in [0.25, 0.3) is 0 Å². The maximum Gasteiger partial charge on any atom is 0.342 e. The van der Waals surface area contributed by atoms with Gasteiger partial charge < -0.3 is 4.74 Å². The highest BCUT2D eigenvalue weighted by molar-refractivity contribution is 6.31. The number of hydrogen-bond donors (Lipinski definition) is 0. The maximum atomic E-state index is 12.5. The van der Waals surface area contributed by atoms with Gasteiger partial charge in [-0.1, -0.05) is 35.9 Å². The number of benzene rings is 1. The number of rotatable bonds is 5. The van der Waals surface area contributed by atoms with E-state index in [4.69, 9.17) is 16.3 Å². The lowest BCUT2D eigenvalue weighted by Gasteiger charge is -2.07. The molecule has 5 nitrogen and oxygen atoms in total. The molecule has 0 N–H and O–H groups in total. The Balaban J connectivity index is 1.77. The lowest BCUT2D eigenvalue weighted by atomic mass is 10.2. The Morgan fingerprint density at radius 2 is 1.92 bits per heavy atom. The number of pyridine rings is 1. The molecule has 0 spiro atoms. The molecular weight excluding hydrogens is 338 g/mol. The van der Waals surface area contributed by atoms with Gasteiger partial charge >= 0.3 is 5.97 Å². The minimum Gasteiger partial charge on any atom is -0.455 e. The number of aromatic nitrogens is 3. The number of esters is 1. The van der Waals surface area contributed by atoms with Gasteiger partial charge in [0.2, 0.25) is 0 Å². The van der Waals surface area contributed by atoms with E-state index in [-0.39, 0.29) is 6.61 Å². The van der Waals surface area contributed by atoms with E-state index < -0.39 is 5.97 Å². The first-order chi connectivity index (χ1) is 12.1. The summed E-state index contributed by atoms with van der Waals surface area (Å²) in [6.45, 7) is 4.29. The van der Waals surface area contributed by atoms with Crippen LogP contribution in [0.1, 0.15) is 33.0 Å². The minimum atomic E-state index is -0.397. The lowest BCUT2D eigenvalue weighted by Crippen LogP contribution is -2.09. The number of hydrogen-bond acceptors (Lipinski definition) is 4. The normalized spacial score (nSPS) is 10.7. The zero-order valence-corrected chi connectivity index (χ0v) is 14.8. The van der Waals surface area contributed by atoms with E-state index in [0.29, 0.717) is 28.5 Å². The van der Waals surface area contributed by atoms with Gasteiger partial charge in [-0.15, -0.1) is 0 Å². The molecule has 128 valence electrons. The first-order valence-corrected chi connectivity index (χ1v) is 8.28. The van der Waals surface area contributed by atoms with Crippen molar-refractivity contribution in [1.82, 2.24) is 14.8 Å². The molecule has 0 aliphatic heterocycles. The van der Waals surface area contributed by atoms with Gasteiger partial charge in [0.25, 0.3) is 0 Å². The van der Waals surface area contributed by atoms with Crippen molar-refractivity contribution >= 4 is 17.6 Å². The second-order valence-electron chi connectivity index (χ2n) is 5.69. The van der Waals surface area contributed by atoms with Crippen LogP contribution in [0.4, 0.5) is 0 Å². The molecule has 2 aromatic heterocycles. The zero-order chi connectivity index (χ0) is 17.8. The van der Waals surface area contributed by atoms with Crippen LogP contribution in [-0.2, 0) is 17.9 Å². The molecule has 6 heteroatoms. The Morgan fingerprint density at radius 3 is 2.64 bits per heavy atom. The Morgan fingerprint density at radius 1 is 1.16 bits per heavy atom. The molecule has 3 aromatic rings. The van der Waals surface area contributed by atoms with E-state index in [1.54, 1.807) is 17.8 Å². The fourth-order valence-corrected chi connectivity index (χ4v) is 2.82. The van der Waals surface area contributed by atoms with Crippen molar-refractivity contribution in [2.75, 3.05) is 0 Å². The summed E-state index contributed by atoms with van der Waals surface area (Å²) < 4.78 is 7.15. The van der Waals surface area contributed by atoms with Crippen molar-refractivity contribution in [2.45, 2.75) is 27.0 Å². The van der Waals surface area contributed by atoms with Crippen molar-refractivity contribution in [2.24, 2.45) is 0 Å². The summed E-state index contributed by atoms with van der Waals surface area (Å²) in [6, 6.07) is 13.1. The molecule has 0 saturated heterocycles. The first kappa shape index (κ1) is 17.2. The monoisotopic (exact) mass is 355 g/mol. The fourth-order valence-electron chi connectivity index (χ4n) is 2.63. The van der Waals surface area contributed by atoms with Gasteiger partial charge in [-0.25, -0.2) is 4.79 Å². The molecule has 0 bridgehead atoms. The van der Waals surface area contributed by atoms with Crippen LogP contribution in [0, 0.1) is 13.8 Å². The molecule has 0 atom stereocenters. The van der Waals surface area contributed by atoms with Crippen LogP contribution in [0.2, 0.25) is 5.02 Å². The number of ether oxygens (including phenoxy) is 1. The summed E-state index contributed by atoms with van der Waals surface area (Å²) in [5.41, 5.74) is 3.53. The molecule has 0 aliphatic rings. The number of nitrogens with zero attached hydrogens (tertiary/aromatic N) is 3. The van der Waals surface area contributed by atoms with Crippen LogP contribution >= 0.6 is 11.6 Å². The second-order valence-corrected chi connectivity index (χ2v) is 6.10. The molecular formula is C19H18ClN3O2. The topological polar surface area (TPSA) is 57.0 Å². The summed E-state index contributed by atoms with van der Waals surface area (Å²) in [6.07, 6.45) is 1.67. The Kier molecular flexibility index (Phi) is 5.14. The highest BCUT2D eigenvalue weighted by Gasteiger charge is 2.20. The smallest absolute Gasteiger partial charge is 0.342 e. The van der Waals surface area contributed by atoms with E-state index in [0.717, 1.165) is 11.3 Å². The van der Waals surface area contributed by atoms with Crippen molar-refractivity contribution < 1.29 is 9.53 Å². The quantitative estimate of drug-likeness (QED) is 0.650. The Labute approximate surface area is 151 Å². The number of aryl methyl sites for hydroxylation is 1. The molecule has 0 fully saturated rings. The third-order valence-electron chi connectivity index (χ3n) is 3.94. The van der Waals surface area contributed by atoms with E-state index in [2.05, 4.69) is 10.1 Å². The van der Waals surface area contributed by atoms with E-state index >= 15 is 0 Å². The van der Waals surface area contributed by atoms with Crippen molar-refractivity contribution in [3.05, 3.63) is 81.9 Å². The van der Waals surface area contributed by atoms with Crippen LogP contribution in [-0.4, -0.2) is 20.7 Å². The van der Waals surface area contributed by atoms with E-state index in [1.165, 1.54) is 0 Å². The van der Waals surface area contributed by atoms with Crippen molar-refractivity contribution in [3.8, 4) is 0 Å². The van der Waals surface area contributed by atoms with Crippen LogP contribution in [0.15, 0.2) is 48.7 Å². The number of halogens is 1. The van der Waals surface area contributed by atoms with Gasteiger partial charge in [-0.3, -0.25) is 9.67 Å². The molecule has 1 aromatic carbocycles. The maximum absolute atomic E-state index is 12.5. The van der Waals surface area contributed by atoms with Gasteiger partial charge in [0, 0.05) is 11.2 Å². The molecule has 0 unspecified atom stereocenters. The fraction of sp³-hybridized carbons (Fsp3) is 0.211. The molecule has 25 heavy (non-hydrogen) atoms. The third kappa shape index (κ3) is 3.88. The number of carbonyl (C=O) groups is 1. The Hall–Kier alpha value is -2.66. The average Bonchev–Trinajstić information content (AvgIpc) is 2.89. The summed E-state index contributed by atoms with van der Waals surface area (Å²) in [5, 5.41) is 5.14. The summed E-state index contributed by atoms with van der Waals surface area (Å²) in [7, 11) is 0. The predicted molar refractivity (Wildman–Crippen MR) is 95.6 cm³/mol. The van der Waals surface area contributed by atoms with Crippen LogP contribution < -0.4 is 0 Å². The Bertz CT molecular complexity index is 891. The molecule has 0 saturated carbocycles. The minimum absolute atomic E-state index is 0.133. The van der Waals surface area contributed by atoms with Gasteiger partial charge in [0.1, 0.15) is 12.2 Å². The highest BCUT2D eigenvalue weighted by atomic mass is 35.5. The predicted octanol–water partition coefficient (Wildman–Crippen LogP) is 3.95. The standard InChI is InChI=1S/C19H18ClN3O2/c1-13-18(19(24)25-12-16-8-5-6-10-21-16)14(2)23(22-13)11-15-7-3-4-9-17(15)20/h3-10H,11-12H2,1-2H3. The van der Waals surface area contributed by atoms with Crippen LogP contribution in [0.5, 0.6) is 0 Å². The van der Waals surface area contributed by atoms with Crippen molar-refractivity contribution in [1.29, 1.82) is 0 Å². The molecule has 2 heterocycles. The van der Waals surface area contributed by atoms with Crippen molar-refractivity contribution in [3.63, 3.8) is 0 Å². The van der Waals surface area contributed by atoms with Gasteiger partial charge in [0.15, 0.2) is 0 Å². The van der Waals surface area contributed by atoms with Crippen LogP contribution in [0.3, 0.4) is 0 Å². The zero-order valence-electron chi connectivity index (χ0n) is 14.1. The second kappa shape index (κ2) is 7.49. The van der Waals surface area contributed by atoms with Gasteiger partial charge in [-0.05, 0) is 37.6 Å². The summed E-state index contributed by atoms with van der Waals surface area (Å²) >= 11 is 6.21. The van der Waals surface area contributed by atoms with E-state index in [1.807, 2.05) is 49.4 Å². The molecule has 0 aliphatic carbocycles. The average molecular weight is 356 g/mol. The highest BCUT2D eigenvalue weighted by Crippen LogP contribution is 2.20. The SMILES string of the molecule is Cc1nn(Cc2ccccc2Cl)c(C)c1C(=O)OCc1ccccn1. The largest absolute Gasteiger partial charge is 0.455 e. The lowest BCUT2D eigenvalue weighted by molar-refractivity contribution is 0.0466. The third-order valence-corrected chi connectivity index (χ3v) is 4.31. The molecule has 3 rings (SSSR count). The molecule has 0 radical (unpaired) electrons. The first-order valence-electron chi connectivity index (χ1n) is 7.90.